The van der Waals surface area contributed by atoms with Crippen molar-refractivity contribution in [1.29, 1.82) is 0 Å². The van der Waals surface area contributed by atoms with E-state index < -0.39 is 5.60 Å². The van der Waals surface area contributed by atoms with Crippen LogP contribution < -0.4 is 0 Å². The molecule has 1 N–H and O–H groups in total. The number of hydrogen-bond acceptors (Lipinski definition) is 3. The second kappa shape index (κ2) is 5.51. The highest BCUT2D eigenvalue weighted by Gasteiger charge is 2.34. The Morgan fingerprint density at radius 3 is 3.00 bits per heavy atom. The number of aromatic nitrogens is 1. The van der Waals surface area contributed by atoms with Crippen molar-refractivity contribution >= 4 is 10.9 Å². The molecular weight excluding hydrogens is 250 g/mol. The van der Waals surface area contributed by atoms with Gasteiger partial charge >= 0.3 is 0 Å². The zero-order valence-corrected chi connectivity index (χ0v) is 11.9. The van der Waals surface area contributed by atoms with Gasteiger partial charge < -0.3 is 9.84 Å². The molecule has 1 aliphatic rings. The topological polar surface area (TPSA) is 42.4 Å². The lowest BCUT2D eigenvalue weighted by atomic mass is 9.85. The van der Waals surface area contributed by atoms with Gasteiger partial charge in [0, 0.05) is 30.5 Å². The van der Waals surface area contributed by atoms with E-state index in [4.69, 9.17) is 4.74 Å². The van der Waals surface area contributed by atoms with Gasteiger partial charge in [0.15, 0.2) is 0 Å². The number of benzene rings is 1. The SMILES string of the molecule is CCC1CC(O)(Cc2ccc3ccccc3n2)CCO1. The molecule has 3 nitrogen and oxygen atoms in total. The molecular formula is C17H21NO2. The van der Waals surface area contributed by atoms with Crippen LogP contribution in [0.3, 0.4) is 0 Å². The summed E-state index contributed by atoms with van der Waals surface area (Å²) in [7, 11) is 0. The summed E-state index contributed by atoms with van der Waals surface area (Å²) in [5.74, 6) is 0. The Balaban J connectivity index is 1.81. The zero-order valence-electron chi connectivity index (χ0n) is 11.9. The summed E-state index contributed by atoms with van der Waals surface area (Å²) in [6, 6.07) is 12.2. The maximum absolute atomic E-state index is 10.8. The minimum Gasteiger partial charge on any atom is -0.389 e. The third kappa shape index (κ3) is 2.84. The Hall–Kier alpha value is -1.45. The van der Waals surface area contributed by atoms with Crippen molar-refractivity contribution in [1.82, 2.24) is 4.98 Å². The van der Waals surface area contributed by atoms with E-state index in [-0.39, 0.29) is 6.10 Å². The van der Waals surface area contributed by atoms with Gasteiger partial charge in [-0.05, 0) is 25.0 Å². The molecule has 1 aromatic carbocycles. The third-order valence-electron chi connectivity index (χ3n) is 4.15. The van der Waals surface area contributed by atoms with E-state index in [0.29, 0.717) is 25.9 Å². The average Bonchev–Trinajstić information content (AvgIpc) is 2.46. The molecule has 1 saturated heterocycles. The van der Waals surface area contributed by atoms with E-state index in [1.807, 2.05) is 24.3 Å². The monoisotopic (exact) mass is 271 g/mol. The molecule has 0 bridgehead atoms. The minimum atomic E-state index is -0.672. The molecule has 2 aromatic rings. The fourth-order valence-electron chi connectivity index (χ4n) is 2.97. The van der Waals surface area contributed by atoms with Crippen LogP contribution in [0.2, 0.25) is 0 Å². The molecule has 2 heterocycles. The fraction of sp³-hybridized carbons (Fsp3) is 0.471. The Morgan fingerprint density at radius 2 is 2.15 bits per heavy atom. The van der Waals surface area contributed by atoms with Crippen LogP contribution in [0.5, 0.6) is 0 Å². The van der Waals surface area contributed by atoms with E-state index >= 15 is 0 Å². The Kier molecular flexibility index (Phi) is 3.72. The van der Waals surface area contributed by atoms with Crippen LogP contribution in [0, 0.1) is 0 Å². The maximum Gasteiger partial charge on any atom is 0.0749 e. The first-order valence-electron chi connectivity index (χ1n) is 7.37. The molecule has 0 aliphatic carbocycles. The Bertz CT molecular complexity index is 598. The van der Waals surface area contributed by atoms with Crippen LogP contribution in [0.25, 0.3) is 10.9 Å². The lowest BCUT2D eigenvalue weighted by molar-refractivity contribution is -0.103. The Morgan fingerprint density at radius 1 is 1.30 bits per heavy atom. The molecule has 0 amide bonds. The maximum atomic E-state index is 10.8. The first-order valence-corrected chi connectivity index (χ1v) is 7.37. The van der Waals surface area contributed by atoms with Crippen LogP contribution in [-0.4, -0.2) is 28.4 Å². The average molecular weight is 271 g/mol. The quantitative estimate of drug-likeness (QED) is 0.932. The van der Waals surface area contributed by atoms with Gasteiger partial charge in [-0.25, -0.2) is 0 Å². The van der Waals surface area contributed by atoms with E-state index in [1.165, 1.54) is 0 Å². The highest BCUT2D eigenvalue weighted by Crippen LogP contribution is 2.29. The summed E-state index contributed by atoms with van der Waals surface area (Å²) in [4.78, 5) is 4.66. The zero-order chi connectivity index (χ0) is 14.0. The number of ether oxygens (including phenoxy) is 1. The van der Waals surface area contributed by atoms with Crippen LogP contribution in [0.1, 0.15) is 31.9 Å². The lowest BCUT2D eigenvalue weighted by Crippen LogP contribution is -2.42. The molecule has 3 rings (SSSR count). The number of nitrogens with zero attached hydrogens (tertiary/aromatic N) is 1. The fourth-order valence-corrected chi connectivity index (χ4v) is 2.97. The van der Waals surface area contributed by atoms with Gasteiger partial charge in [0.05, 0.1) is 17.2 Å². The number of rotatable bonds is 3. The molecule has 106 valence electrons. The number of para-hydroxylation sites is 1. The van der Waals surface area contributed by atoms with Gasteiger partial charge in [0.1, 0.15) is 0 Å². The number of fused-ring (bicyclic) bond motifs is 1. The van der Waals surface area contributed by atoms with Crippen LogP contribution >= 0.6 is 0 Å². The molecule has 1 aliphatic heterocycles. The molecule has 0 radical (unpaired) electrons. The molecule has 3 heteroatoms. The predicted molar refractivity (Wildman–Crippen MR) is 79.7 cm³/mol. The number of pyridine rings is 1. The van der Waals surface area contributed by atoms with Crippen LogP contribution in [0.4, 0.5) is 0 Å². The first-order chi connectivity index (χ1) is 9.68. The lowest BCUT2D eigenvalue weighted by Gasteiger charge is -2.36. The highest BCUT2D eigenvalue weighted by atomic mass is 16.5. The van der Waals surface area contributed by atoms with Gasteiger partial charge in [-0.2, -0.15) is 0 Å². The normalized spacial score (nSPS) is 26.8. The molecule has 0 saturated carbocycles. The van der Waals surface area contributed by atoms with Crippen LogP contribution in [0.15, 0.2) is 36.4 Å². The number of hydrogen-bond donors (Lipinski definition) is 1. The summed E-state index contributed by atoms with van der Waals surface area (Å²) in [6.45, 7) is 2.74. The summed E-state index contributed by atoms with van der Waals surface area (Å²) >= 11 is 0. The third-order valence-corrected chi connectivity index (χ3v) is 4.15. The molecule has 1 aromatic heterocycles. The predicted octanol–water partition coefficient (Wildman–Crippen LogP) is 3.10. The van der Waals surface area contributed by atoms with E-state index in [9.17, 15) is 5.11 Å². The summed E-state index contributed by atoms with van der Waals surface area (Å²) in [5, 5.41) is 11.9. The van der Waals surface area contributed by atoms with Crippen molar-refractivity contribution < 1.29 is 9.84 Å². The van der Waals surface area contributed by atoms with Crippen molar-refractivity contribution in [2.24, 2.45) is 0 Å². The first kappa shape index (κ1) is 13.5. The number of aliphatic hydroxyl groups is 1. The largest absolute Gasteiger partial charge is 0.389 e. The van der Waals surface area contributed by atoms with Gasteiger partial charge in [-0.15, -0.1) is 0 Å². The van der Waals surface area contributed by atoms with Crippen molar-refractivity contribution in [2.75, 3.05) is 6.61 Å². The summed E-state index contributed by atoms with van der Waals surface area (Å²) in [5.41, 5.74) is 1.28. The molecule has 0 spiro atoms. The molecule has 20 heavy (non-hydrogen) atoms. The van der Waals surface area contributed by atoms with Crippen molar-refractivity contribution in [3.05, 3.63) is 42.1 Å². The molecule has 2 atom stereocenters. The summed E-state index contributed by atoms with van der Waals surface area (Å²) < 4.78 is 5.65. The van der Waals surface area contributed by atoms with Crippen molar-refractivity contribution in [3.8, 4) is 0 Å². The molecule has 1 fully saturated rings. The van der Waals surface area contributed by atoms with Crippen LogP contribution in [-0.2, 0) is 11.2 Å². The standard InChI is InChI=1S/C17H21NO2/c1-2-15-12-17(19,9-10-20-15)11-14-8-7-13-5-3-4-6-16(13)18-14/h3-8,15,19H,2,9-12H2,1H3. The minimum absolute atomic E-state index is 0.175. The van der Waals surface area contributed by atoms with E-state index in [0.717, 1.165) is 23.0 Å². The smallest absolute Gasteiger partial charge is 0.0749 e. The second-order valence-corrected chi connectivity index (χ2v) is 5.75. The van der Waals surface area contributed by atoms with Gasteiger partial charge in [0.25, 0.3) is 0 Å². The van der Waals surface area contributed by atoms with Gasteiger partial charge in [-0.1, -0.05) is 31.2 Å². The summed E-state index contributed by atoms with van der Waals surface area (Å²) in [6.07, 6.45) is 3.13. The molecule has 2 unspecified atom stereocenters. The Labute approximate surface area is 119 Å². The van der Waals surface area contributed by atoms with E-state index in [1.54, 1.807) is 0 Å². The van der Waals surface area contributed by atoms with Gasteiger partial charge in [0.2, 0.25) is 0 Å². The van der Waals surface area contributed by atoms with Crippen molar-refractivity contribution in [2.45, 2.75) is 44.3 Å². The highest BCUT2D eigenvalue weighted by molar-refractivity contribution is 5.78. The second-order valence-electron chi connectivity index (χ2n) is 5.75. The van der Waals surface area contributed by atoms with E-state index in [2.05, 4.69) is 24.0 Å². The van der Waals surface area contributed by atoms with Crippen molar-refractivity contribution in [3.63, 3.8) is 0 Å². The van der Waals surface area contributed by atoms with Gasteiger partial charge in [-0.3, -0.25) is 4.98 Å².